The van der Waals surface area contributed by atoms with Crippen LogP contribution in [0, 0.1) is 5.82 Å². The number of methoxy groups -OCH3 is 1. The van der Waals surface area contributed by atoms with Crippen molar-refractivity contribution < 1.29 is 9.13 Å². The van der Waals surface area contributed by atoms with E-state index in [9.17, 15) is 4.39 Å². The first-order valence-electron chi connectivity index (χ1n) is 12.2. The molecule has 0 saturated carbocycles. The van der Waals surface area contributed by atoms with Crippen LogP contribution in [0.3, 0.4) is 0 Å². The van der Waals surface area contributed by atoms with Crippen molar-refractivity contribution >= 4 is 16.9 Å². The SMILES string of the molecule is CCNc1nccc(-c2c(-c3ccc(F)cc3)nc3n2[C@H](Cn2ccc4cccc(OC)c42)CC3)n1. The number of nitrogens with one attached hydrogen (secondary N) is 1. The Hall–Kier alpha value is -4.20. The summed E-state index contributed by atoms with van der Waals surface area (Å²) in [4.78, 5) is 14.2. The van der Waals surface area contributed by atoms with Crippen LogP contribution in [0.4, 0.5) is 10.3 Å². The van der Waals surface area contributed by atoms with Crippen molar-refractivity contribution in [3.8, 4) is 28.4 Å². The number of anilines is 1. The molecule has 0 bridgehead atoms. The van der Waals surface area contributed by atoms with E-state index in [1.165, 1.54) is 12.1 Å². The van der Waals surface area contributed by atoms with Gasteiger partial charge in [-0.3, -0.25) is 0 Å². The number of halogens is 1. The van der Waals surface area contributed by atoms with Gasteiger partial charge in [-0.1, -0.05) is 12.1 Å². The molecule has 7 nitrogen and oxygen atoms in total. The van der Waals surface area contributed by atoms with Crippen LogP contribution in [-0.2, 0) is 13.0 Å². The molecule has 1 atom stereocenters. The van der Waals surface area contributed by atoms with E-state index in [-0.39, 0.29) is 11.9 Å². The van der Waals surface area contributed by atoms with Crippen LogP contribution in [0.1, 0.15) is 25.2 Å². The standard InChI is InChI=1S/C28H27FN6O/c1-3-30-28-31-15-13-22(32-28)27-25(18-7-9-20(29)10-8-18)33-24-12-11-21(35(24)27)17-34-16-14-19-5-4-6-23(36-2)26(19)34/h4-10,13-16,21H,3,11-12,17H2,1-2H3,(H,30,31,32)/t21-/m0/s1. The molecular weight excluding hydrogens is 455 g/mol. The number of rotatable bonds is 7. The molecule has 3 aromatic heterocycles. The molecule has 0 amide bonds. The van der Waals surface area contributed by atoms with Gasteiger partial charge in [0.25, 0.3) is 0 Å². The summed E-state index contributed by atoms with van der Waals surface area (Å²) in [7, 11) is 1.71. The van der Waals surface area contributed by atoms with E-state index in [1.54, 1.807) is 25.4 Å². The van der Waals surface area contributed by atoms with Crippen molar-refractivity contribution in [1.29, 1.82) is 0 Å². The highest BCUT2D eigenvalue weighted by Gasteiger charge is 2.31. The van der Waals surface area contributed by atoms with Crippen LogP contribution < -0.4 is 10.1 Å². The molecule has 0 unspecified atom stereocenters. The Morgan fingerprint density at radius 1 is 1.08 bits per heavy atom. The Balaban J connectivity index is 1.49. The summed E-state index contributed by atoms with van der Waals surface area (Å²) in [6.45, 7) is 3.51. The van der Waals surface area contributed by atoms with Gasteiger partial charge in [0.2, 0.25) is 5.95 Å². The lowest BCUT2D eigenvalue weighted by molar-refractivity contribution is 0.412. The van der Waals surface area contributed by atoms with Crippen molar-refractivity contribution in [1.82, 2.24) is 24.1 Å². The number of hydrogen-bond acceptors (Lipinski definition) is 5. The molecule has 6 rings (SSSR count). The molecule has 0 spiro atoms. The highest BCUT2D eigenvalue weighted by Crippen LogP contribution is 2.40. The minimum atomic E-state index is -0.269. The summed E-state index contributed by atoms with van der Waals surface area (Å²) in [5.74, 6) is 2.18. The Morgan fingerprint density at radius 3 is 2.75 bits per heavy atom. The first kappa shape index (κ1) is 22.3. The Kier molecular flexibility index (Phi) is 5.64. The number of ether oxygens (including phenoxy) is 1. The largest absolute Gasteiger partial charge is 0.495 e. The zero-order chi connectivity index (χ0) is 24.6. The average molecular weight is 483 g/mol. The third-order valence-electron chi connectivity index (χ3n) is 6.78. The highest BCUT2D eigenvalue weighted by molar-refractivity contribution is 5.86. The number of benzene rings is 2. The van der Waals surface area contributed by atoms with Gasteiger partial charge in [0.15, 0.2) is 0 Å². The molecule has 4 heterocycles. The normalized spacial score (nSPS) is 14.8. The van der Waals surface area contributed by atoms with Crippen LogP contribution in [0.2, 0.25) is 0 Å². The van der Waals surface area contributed by atoms with Gasteiger partial charge < -0.3 is 19.2 Å². The van der Waals surface area contributed by atoms with Gasteiger partial charge >= 0.3 is 0 Å². The van der Waals surface area contributed by atoms with E-state index in [1.807, 2.05) is 25.1 Å². The van der Waals surface area contributed by atoms with Gasteiger partial charge in [0.05, 0.1) is 35.8 Å². The molecule has 1 aliphatic rings. The maximum absolute atomic E-state index is 13.7. The van der Waals surface area contributed by atoms with Crippen LogP contribution >= 0.6 is 0 Å². The van der Waals surface area contributed by atoms with E-state index in [0.717, 1.165) is 71.1 Å². The molecular formula is C28H27FN6O. The second-order valence-electron chi connectivity index (χ2n) is 8.96. The lowest BCUT2D eigenvalue weighted by Gasteiger charge is -2.19. The molecule has 8 heteroatoms. The third-order valence-corrected chi connectivity index (χ3v) is 6.78. The average Bonchev–Trinajstić information content (AvgIpc) is 3.59. The Bertz CT molecular complexity index is 1540. The van der Waals surface area contributed by atoms with E-state index in [4.69, 9.17) is 14.7 Å². The second-order valence-corrected chi connectivity index (χ2v) is 8.96. The van der Waals surface area contributed by atoms with Crippen molar-refractivity contribution in [2.75, 3.05) is 19.0 Å². The van der Waals surface area contributed by atoms with Crippen molar-refractivity contribution in [2.45, 2.75) is 32.4 Å². The van der Waals surface area contributed by atoms with Crippen LogP contribution in [0.25, 0.3) is 33.5 Å². The molecule has 2 aromatic carbocycles. The maximum atomic E-state index is 13.7. The number of nitrogens with zero attached hydrogens (tertiary/aromatic N) is 5. The summed E-state index contributed by atoms with van der Waals surface area (Å²) >= 11 is 0. The highest BCUT2D eigenvalue weighted by atomic mass is 19.1. The Morgan fingerprint density at radius 2 is 1.94 bits per heavy atom. The van der Waals surface area contributed by atoms with Crippen molar-refractivity contribution in [2.24, 2.45) is 0 Å². The zero-order valence-corrected chi connectivity index (χ0v) is 20.3. The van der Waals surface area contributed by atoms with Gasteiger partial charge in [-0.05, 0) is 55.8 Å². The fourth-order valence-corrected chi connectivity index (χ4v) is 5.20. The molecule has 1 aliphatic heterocycles. The number of fused-ring (bicyclic) bond motifs is 2. The lowest BCUT2D eigenvalue weighted by atomic mass is 10.1. The van der Waals surface area contributed by atoms with Gasteiger partial charge in [-0.2, -0.15) is 0 Å². The fraction of sp³-hybridized carbons (Fsp3) is 0.250. The molecule has 36 heavy (non-hydrogen) atoms. The van der Waals surface area contributed by atoms with Gasteiger partial charge in [0, 0.05) is 42.9 Å². The van der Waals surface area contributed by atoms with Crippen molar-refractivity contribution in [3.63, 3.8) is 0 Å². The van der Waals surface area contributed by atoms with Gasteiger partial charge in [-0.25, -0.2) is 19.3 Å². The van der Waals surface area contributed by atoms with Crippen LogP contribution in [0.5, 0.6) is 5.75 Å². The number of para-hydroxylation sites is 1. The number of aryl methyl sites for hydroxylation is 1. The summed E-state index contributed by atoms with van der Waals surface area (Å²) in [5.41, 5.74) is 4.49. The fourth-order valence-electron chi connectivity index (χ4n) is 5.20. The summed E-state index contributed by atoms with van der Waals surface area (Å²) in [5, 5.41) is 4.35. The minimum Gasteiger partial charge on any atom is -0.495 e. The maximum Gasteiger partial charge on any atom is 0.223 e. The predicted molar refractivity (Wildman–Crippen MR) is 139 cm³/mol. The van der Waals surface area contributed by atoms with Gasteiger partial charge in [-0.15, -0.1) is 0 Å². The summed E-state index contributed by atoms with van der Waals surface area (Å²) in [6.07, 6.45) is 5.72. The first-order valence-corrected chi connectivity index (χ1v) is 12.2. The second kappa shape index (κ2) is 9.11. The monoisotopic (exact) mass is 482 g/mol. The molecule has 0 aliphatic carbocycles. The molecule has 0 radical (unpaired) electrons. The van der Waals surface area contributed by atoms with Gasteiger partial charge in [0.1, 0.15) is 17.4 Å². The number of aromatic nitrogens is 5. The quantitative estimate of drug-likeness (QED) is 0.321. The topological polar surface area (TPSA) is 69.8 Å². The Labute approximate surface area is 208 Å². The van der Waals surface area contributed by atoms with E-state index < -0.39 is 0 Å². The van der Waals surface area contributed by atoms with E-state index in [0.29, 0.717) is 5.95 Å². The zero-order valence-electron chi connectivity index (χ0n) is 20.3. The van der Waals surface area contributed by atoms with Crippen LogP contribution in [-0.4, -0.2) is 37.7 Å². The van der Waals surface area contributed by atoms with E-state index in [2.05, 4.69) is 37.8 Å². The predicted octanol–water partition coefficient (Wildman–Crippen LogP) is 5.73. The van der Waals surface area contributed by atoms with Crippen LogP contribution in [0.15, 0.2) is 67.0 Å². The summed E-state index contributed by atoms with van der Waals surface area (Å²) < 4.78 is 24.0. The first-order chi connectivity index (χ1) is 17.7. The number of hydrogen-bond donors (Lipinski definition) is 1. The molecule has 5 aromatic rings. The molecule has 0 fully saturated rings. The molecule has 0 saturated heterocycles. The summed E-state index contributed by atoms with van der Waals surface area (Å²) in [6, 6.07) is 16.8. The minimum absolute atomic E-state index is 0.176. The van der Waals surface area contributed by atoms with Crippen molar-refractivity contribution in [3.05, 3.63) is 78.6 Å². The molecule has 1 N–H and O–H groups in total. The lowest BCUT2D eigenvalue weighted by Crippen LogP contribution is -2.14. The van der Waals surface area contributed by atoms with E-state index >= 15 is 0 Å². The smallest absolute Gasteiger partial charge is 0.223 e. The molecule has 182 valence electrons. The number of imidazole rings is 1. The third kappa shape index (κ3) is 3.79.